The van der Waals surface area contributed by atoms with Crippen molar-refractivity contribution < 1.29 is 19.1 Å². The summed E-state index contributed by atoms with van der Waals surface area (Å²) >= 11 is 0. The Morgan fingerprint density at radius 1 is 1.30 bits per heavy atom. The van der Waals surface area contributed by atoms with Gasteiger partial charge in [-0.05, 0) is 30.9 Å². The standard InChI is InChI=1S/C15H21NO4/c17-13(5-4-12-6-9-20-10-12)16-11-15(14(18)19)7-2-1-3-8-15/h6,9-10H,1-5,7-8,11H2,(H,16,17)(H,18,19). The smallest absolute Gasteiger partial charge is 0.311 e. The molecule has 0 aliphatic heterocycles. The third kappa shape index (κ3) is 3.62. The fourth-order valence-electron chi connectivity index (χ4n) is 2.74. The zero-order valence-electron chi connectivity index (χ0n) is 11.6. The van der Waals surface area contributed by atoms with Crippen LogP contribution in [0, 0.1) is 5.41 Å². The fourth-order valence-corrected chi connectivity index (χ4v) is 2.74. The number of carbonyl (C=O) groups excluding carboxylic acids is 1. The van der Waals surface area contributed by atoms with E-state index in [-0.39, 0.29) is 12.5 Å². The first kappa shape index (κ1) is 14.6. The molecule has 0 unspecified atom stereocenters. The van der Waals surface area contributed by atoms with Gasteiger partial charge in [0.05, 0.1) is 17.9 Å². The summed E-state index contributed by atoms with van der Waals surface area (Å²) in [4.78, 5) is 23.3. The van der Waals surface area contributed by atoms with Gasteiger partial charge < -0.3 is 14.8 Å². The number of rotatable bonds is 6. The zero-order valence-corrected chi connectivity index (χ0v) is 11.6. The lowest BCUT2D eigenvalue weighted by Gasteiger charge is -2.33. The van der Waals surface area contributed by atoms with Crippen molar-refractivity contribution in [1.82, 2.24) is 5.32 Å². The predicted molar refractivity (Wildman–Crippen MR) is 73.2 cm³/mol. The number of aryl methyl sites for hydroxylation is 1. The van der Waals surface area contributed by atoms with Crippen LogP contribution in [-0.2, 0) is 16.0 Å². The van der Waals surface area contributed by atoms with Crippen molar-refractivity contribution >= 4 is 11.9 Å². The molecule has 110 valence electrons. The summed E-state index contributed by atoms with van der Waals surface area (Å²) in [7, 11) is 0. The van der Waals surface area contributed by atoms with Gasteiger partial charge in [0.2, 0.25) is 5.91 Å². The van der Waals surface area contributed by atoms with Gasteiger partial charge in [0.1, 0.15) is 0 Å². The minimum Gasteiger partial charge on any atom is -0.481 e. The van der Waals surface area contributed by atoms with Crippen LogP contribution in [0.1, 0.15) is 44.1 Å². The number of hydrogen-bond donors (Lipinski definition) is 2. The summed E-state index contributed by atoms with van der Waals surface area (Å²) in [5.74, 6) is -0.885. The Balaban J connectivity index is 1.80. The molecule has 0 radical (unpaired) electrons. The molecular weight excluding hydrogens is 258 g/mol. The molecule has 1 amide bonds. The van der Waals surface area contributed by atoms with Gasteiger partial charge >= 0.3 is 5.97 Å². The number of carbonyl (C=O) groups is 2. The molecule has 0 atom stereocenters. The molecule has 0 saturated heterocycles. The number of amides is 1. The lowest BCUT2D eigenvalue weighted by Crippen LogP contribution is -2.44. The van der Waals surface area contributed by atoms with Crippen molar-refractivity contribution in [3.05, 3.63) is 24.2 Å². The molecule has 1 fully saturated rings. The van der Waals surface area contributed by atoms with E-state index in [1.807, 2.05) is 6.07 Å². The van der Waals surface area contributed by atoms with Crippen molar-refractivity contribution in [3.8, 4) is 0 Å². The van der Waals surface area contributed by atoms with Crippen molar-refractivity contribution in [3.63, 3.8) is 0 Å². The van der Waals surface area contributed by atoms with E-state index in [2.05, 4.69) is 5.32 Å². The van der Waals surface area contributed by atoms with Gasteiger partial charge in [-0.3, -0.25) is 9.59 Å². The van der Waals surface area contributed by atoms with Crippen molar-refractivity contribution in [2.75, 3.05) is 6.54 Å². The maximum Gasteiger partial charge on any atom is 0.311 e. The van der Waals surface area contributed by atoms with E-state index < -0.39 is 11.4 Å². The minimum atomic E-state index is -0.785. The molecule has 5 nitrogen and oxygen atoms in total. The van der Waals surface area contributed by atoms with E-state index in [4.69, 9.17) is 4.42 Å². The molecule has 1 aliphatic rings. The molecule has 5 heteroatoms. The van der Waals surface area contributed by atoms with Crippen LogP contribution < -0.4 is 5.32 Å². The van der Waals surface area contributed by atoms with Crippen LogP contribution in [0.2, 0.25) is 0 Å². The molecule has 2 N–H and O–H groups in total. The molecular formula is C15H21NO4. The number of carboxylic acid groups (broad SMARTS) is 1. The lowest BCUT2D eigenvalue weighted by atomic mass is 9.74. The van der Waals surface area contributed by atoms with E-state index in [9.17, 15) is 14.7 Å². The SMILES string of the molecule is O=C(CCc1ccoc1)NCC1(C(=O)O)CCCCC1. The first-order valence-corrected chi connectivity index (χ1v) is 7.14. The number of furan rings is 1. The Kier molecular flexibility index (Phi) is 4.82. The zero-order chi connectivity index (χ0) is 14.4. The average molecular weight is 279 g/mol. The number of hydrogen-bond acceptors (Lipinski definition) is 3. The molecule has 1 aliphatic carbocycles. The summed E-state index contributed by atoms with van der Waals surface area (Å²) in [5.41, 5.74) is 0.217. The fraction of sp³-hybridized carbons (Fsp3) is 0.600. The number of nitrogens with one attached hydrogen (secondary N) is 1. The Labute approximate surface area is 118 Å². The maximum absolute atomic E-state index is 11.8. The number of carboxylic acids is 1. The molecule has 2 rings (SSSR count). The Hall–Kier alpha value is -1.78. The summed E-state index contributed by atoms with van der Waals surface area (Å²) in [6.07, 6.45) is 8.42. The quantitative estimate of drug-likeness (QED) is 0.837. The van der Waals surface area contributed by atoms with Gasteiger partial charge in [0.15, 0.2) is 0 Å². The van der Waals surface area contributed by atoms with Crippen LogP contribution in [0.5, 0.6) is 0 Å². The van der Waals surface area contributed by atoms with Crippen LogP contribution in [0.3, 0.4) is 0 Å². The van der Waals surface area contributed by atoms with E-state index in [1.54, 1.807) is 12.5 Å². The highest BCUT2D eigenvalue weighted by Crippen LogP contribution is 2.36. The van der Waals surface area contributed by atoms with Crippen molar-refractivity contribution in [2.45, 2.75) is 44.9 Å². The van der Waals surface area contributed by atoms with E-state index in [0.717, 1.165) is 24.8 Å². The van der Waals surface area contributed by atoms with Gasteiger partial charge in [0.25, 0.3) is 0 Å². The molecule has 1 aromatic rings. The average Bonchev–Trinajstić information content (AvgIpc) is 2.97. The second-order valence-electron chi connectivity index (χ2n) is 5.55. The molecule has 0 spiro atoms. The normalized spacial score (nSPS) is 17.6. The largest absolute Gasteiger partial charge is 0.481 e. The van der Waals surface area contributed by atoms with Crippen molar-refractivity contribution in [1.29, 1.82) is 0 Å². The van der Waals surface area contributed by atoms with Gasteiger partial charge in [-0.25, -0.2) is 0 Å². The van der Waals surface area contributed by atoms with E-state index >= 15 is 0 Å². The van der Waals surface area contributed by atoms with Crippen LogP contribution in [0.25, 0.3) is 0 Å². The van der Waals surface area contributed by atoms with Gasteiger partial charge in [-0.2, -0.15) is 0 Å². The Morgan fingerprint density at radius 2 is 2.05 bits per heavy atom. The van der Waals surface area contributed by atoms with Gasteiger partial charge in [0, 0.05) is 13.0 Å². The molecule has 20 heavy (non-hydrogen) atoms. The molecule has 1 aromatic heterocycles. The lowest BCUT2D eigenvalue weighted by molar-refractivity contribution is -0.151. The second kappa shape index (κ2) is 6.59. The van der Waals surface area contributed by atoms with Gasteiger partial charge in [-0.1, -0.05) is 19.3 Å². The predicted octanol–water partition coefficient (Wildman–Crippen LogP) is 2.36. The Morgan fingerprint density at radius 3 is 2.65 bits per heavy atom. The van der Waals surface area contributed by atoms with Crippen LogP contribution in [-0.4, -0.2) is 23.5 Å². The molecule has 1 heterocycles. The Bertz CT molecular complexity index is 446. The van der Waals surface area contributed by atoms with Gasteiger partial charge in [-0.15, -0.1) is 0 Å². The van der Waals surface area contributed by atoms with Crippen LogP contribution in [0.15, 0.2) is 23.0 Å². The second-order valence-corrected chi connectivity index (χ2v) is 5.55. The summed E-state index contributed by atoms with van der Waals surface area (Å²) in [6, 6.07) is 1.83. The van der Waals surface area contributed by atoms with E-state index in [0.29, 0.717) is 25.7 Å². The minimum absolute atomic E-state index is 0.0996. The highest BCUT2D eigenvalue weighted by molar-refractivity contribution is 5.79. The highest BCUT2D eigenvalue weighted by atomic mass is 16.4. The first-order chi connectivity index (χ1) is 9.62. The molecule has 0 aromatic carbocycles. The molecule has 0 bridgehead atoms. The van der Waals surface area contributed by atoms with Crippen LogP contribution in [0.4, 0.5) is 0 Å². The molecule has 1 saturated carbocycles. The van der Waals surface area contributed by atoms with Crippen molar-refractivity contribution in [2.24, 2.45) is 5.41 Å². The maximum atomic E-state index is 11.8. The summed E-state index contributed by atoms with van der Waals surface area (Å²) < 4.78 is 4.94. The van der Waals surface area contributed by atoms with E-state index in [1.165, 1.54) is 0 Å². The summed E-state index contributed by atoms with van der Waals surface area (Å²) in [6.45, 7) is 0.243. The number of aliphatic carboxylic acids is 1. The topological polar surface area (TPSA) is 79.5 Å². The summed E-state index contributed by atoms with van der Waals surface area (Å²) in [5, 5.41) is 12.2. The first-order valence-electron chi connectivity index (χ1n) is 7.14. The highest BCUT2D eigenvalue weighted by Gasteiger charge is 2.39. The third-order valence-corrected chi connectivity index (χ3v) is 4.11. The van der Waals surface area contributed by atoms with Crippen LogP contribution >= 0.6 is 0 Å². The monoisotopic (exact) mass is 279 g/mol. The third-order valence-electron chi connectivity index (χ3n) is 4.11.